The van der Waals surface area contributed by atoms with Crippen molar-refractivity contribution in [2.45, 2.75) is 80.8 Å². The summed E-state index contributed by atoms with van der Waals surface area (Å²) in [5, 5.41) is 63.0. The number of carboxylic acid groups (broad SMARTS) is 2. The number of amides is 6. The zero-order chi connectivity index (χ0) is 46.5. The summed E-state index contributed by atoms with van der Waals surface area (Å²) in [6, 6.07) is 3.70. The molecule has 0 radical (unpaired) electrons. The number of aromatic nitrogens is 2. The molecule has 0 saturated carbocycles. The van der Waals surface area contributed by atoms with Crippen molar-refractivity contribution in [3.8, 4) is 5.75 Å². The van der Waals surface area contributed by atoms with Crippen LogP contribution in [-0.4, -0.2) is 150 Å². The van der Waals surface area contributed by atoms with E-state index in [0.29, 0.717) is 16.8 Å². The van der Waals surface area contributed by atoms with Crippen LogP contribution in [0.5, 0.6) is 5.75 Å². The van der Waals surface area contributed by atoms with Gasteiger partial charge in [-0.3, -0.25) is 33.6 Å². The number of hydrogen-bond donors (Lipinski definition) is 13. The number of carboxylic acids is 2. The van der Waals surface area contributed by atoms with Crippen molar-refractivity contribution in [1.29, 1.82) is 0 Å². The second-order valence-electron chi connectivity index (χ2n) is 14.2. The van der Waals surface area contributed by atoms with Crippen LogP contribution in [0.3, 0.4) is 0 Å². The van der Waals surface area contributed by atoms with Gasteiger partial charge in [0.25, 0.3) is 0 Å². The first-order valence-electron chi connectivity index (χ1n) is 19.6. The maximum absolute atomic E-state index is 13.9. The van der Waals surface area contributed by atoms with E-state index in [0.717, 1.165) is 0 Å². The van der Waals surface area contributed by atoms with Crippen LogP contribution in [0, 0.1) is 0 Å². The number of benzene rings is 2. The Labute approximate surface area is 365 Å². The summed E-state index contributed by atoms with van der Waals surface area (Å²) in [5.74, 6) is -8.30. The Kier molecular flexibility index (Phi) is 21.0. The van der Waals surface area contributed by atoms with Gasteiger partial charge in [0.1, 0.15) is 48.0 Å². The predicted octanol–water partition coefficient (Wildman–Crippen LogP) is -2.93. The van der Waals surface area contributed by atoms with Gasteiger partial charge in [0.15, 0.2) is 0 Å². The van der Waals surface area contributed by atoms with Gasteiger partial charge in [0.2, 0.25) is 35.4 Å². The lowest BCUT2D eigenvalue weighted by Crippen LogP contribution is -2.61. The monoisotopic (exact) mass is 899 g/mol. The zero-order valence-corrected chi connectivity index (χ0v) is 35.0. The van der Waals surface area contributed by atoms with Crippen molar-refractivity contribution < 1.29 is 63.9 Å². The molecule has 0 spiro atoms. The highest BCUT2D eigenvalue weighted by Gasteiger charge is 2.34. The lowest BCUT2D eigenvalue weighted by molar-refractivity contribution is -0.142. The Morgan fingerprint density at radius 2 is 1.13 bits per heavy atom. The molecule has 22 nitrogen and oxygen atoms in total. The Hall–Kier alpha value is -6.56. The average Bonchev–Trinajstić information content (AvgIpc) is 3.78. The number of aromatic amines is 1. The Balaban J connectivity index is 1.81. The quantitative estimate of drug-likeness (QED) is 0.0364. The molecule has 2 aromatic carbocycles. The third-order valence-electron chi connectivity index (χ3n) is 9.39. The summed E-state index contributed by atoms with van der Waals surface area (Å²) < 4.78 is 0. The lowest BCUT2D eigenvalue weighted by Gasteiger charge is -2.27. The molecule has 1 aromatic heterocycles. The van der Waals surface area contributed by atoms with Crippen LogP contribution < -0.4 is 37.6 Å². The van der Waals surface area contributed by atoms with Gasteiger partial charge in [-0.25, -0.2) is 9.78 Å². The van der Waals surface area contributed by atoms with Crippen molar-refractivity contribution in [3.63, 3.8) is 0 Å². The van der Waals surface area contributed by atoms with Gasteiger partial charge < -0.3 is 68.2 Å². The SMILES string of the molecule is CSCCC(NC(=O)C(CO)NC(=O)C(Cc1ccc(O)cc1)NC(=O)C(N)CO)C(=O)NC(CCC(=O)O)C(=O)NC(Cc1cnc[nH]1)C(=O)NC(Cc1ccccc1)C(=O)O. The number of aliphatic hydroxyl groups excluding tert-OH is 2. The number of aliphatic carboxylic acids is 2. The van der Waals surface area contributed by atoms with Crippen LogP contribution in [0.4, 0.5) is 0 Å². The molecule has 14 N–H and O–H groups in total. The van der Waals surface area contributed by atoms with Crippen LogP contribution in [0.15, 0.2) is 67.1 Å². The van der Waals surface area contributed by atoms with Gasteiger partial charge in [-0.1, -0.05) is 42.5 Å². The fourth-order valence-electron chi connectivity index (χ4n) is 5.91. The predicted molar refractivity (Wildman–Crippen MR) is 225 cm³/mol. The molecule has 0 aliphatic heterocycles. The van der Waals surface area contributed by atoms with Gasteiger partial charge in [-0.15, -0.1) is 0 Å². The number of aliphatic hydroxyl groups is 2. The van der Waals surface area contributed by atoms with E-state index >= 15 is 0 Å². The number of phenolic OH excluding ortho intramolecular Hbond substituents is 1. The van der Waals surface area contributed by atoms with Crippen LogP contribution in [0.25, 0.3) is 0 Å². The number of imidazole rings is 1. The molecule has 342 valence electrons. The maximum Gasteiger partial charge on any atom is 0.326 e. The Bertz CT molecular complexity index is 1990. The number of thioether (sulfide) groups is 1. The van der Waals surface area contributed by atoms with Crippen molar-refractivity contribution in [2.75, 3.05) is 25.2 Å². The zero-order valence-electron chi connectivity index (χ0n) is 34.2. The fourth-order valence-corrected chi connectivity index (χ4v) is 6.38. The van der Waals surface area contributed by atoms with E-state index in [1.165, 1.54) is 48.6 Å². The third-order valence-corrected chi connectivity index (χ3v) is 10.0. The number of nitrogens with zero attached hydrogens (tertiary/aromatic N) is 1. The molecular formula is C40H53N9O13S. The highest BCUT2D eigenvalue weighted by molar-refractivity contribution is 7.98. The summed E-state index contributed by atoms with van der Waals surface area (Å²) in [6.45, 7) is -1.73. The molecule has 0 aliphatic rings. The van der Waals surface area contributed by atoms with Gasteiger partial charge in [-0.2, -0.15) is 11.8 Å². The number of carbonyl (C=O) groups is 8. The molecule has 1 heterocycles. The van der Waals surface area contributed by atoms with Crippen molar-refractivity contribution in [2.24, 2.45) is 5.73 Å². The average molecular weight is 900 g/mol. The molecule has 0 saturated heterocycles. The minimum atomic E-state index is -1.70. The van der Waals surface area contributed by atoms with Crippen molar-refractivity contribution in [3.05, 3.63) is 83.9 Å². The number of rotatable bonds is 27. The van der Waals surface area contributed by atoms with E-state index in [1.54, 1.807) is 36.6 Å². The fraction of sp³-hybridized carbons (Fsp3) is 0.425. The van der Waals surface area contributed by atoms with E-state index in [4.69, 9.17) is 5.73 Å². The number of nitrogens with one attached hydrogen (secondary N) is 7. The Morgan fingerprint density at radius 3 is 1.67 bits per heavy atom. The second kappa shape index (κ2) is 26.0. The largest absolute Gasteiger partial charge is 0.508 e. The molecule has 3 aromatic rings. The Morgan fingerprint density at radius 1 is 0.635 bits per heavy atom. The standard InChI is InChI=1S/C40H53N9O13S/c1-63-14-13-28(45-39(60)32(20-51)49-37(58)29(46-34(55)26(41)19-50)15-23-7-9-25(52)10-8-23)36(57)44-27(11-12-33(53)54)35(56)47-30(17-24-18-42-21-43-24)38(59)48-31(40(61)62)16-22-5-3-2-4-6-22/h2-10,18,21,26-32,50-52H,11-17,19-20,41H2,1H3,(H,42,43)(H,44,57)(H,45,60)(H,46,55)(H,47,56)(H,48,59)(H,49,58)(H,53,54)(H,61,62). The molecule has 6 amide bonds. The number of phenols is 1. The number of carbonyl (C=O) groups excluding carboxylic acids is 6. The number of nitrogens with two attached hydrogens (primary N) is 1. The first-order valence-corrected chi connectivity index (χ1v) is 21.0. The van der Waals surface area contributed by atoms with E-state index in [9.17, 15) is 63.9 Å². The topological polar surface area (TPSA) is 365 Å². The van der Waals surface area contributed by atoms with Gasteiger partial charge in [-0.05, 0) is 48.1 Å². The molecule has 7 atom stereocenters. The summed E-state index contributed by atoms with van der Waals surface area (Å²) in [4.78, 5) is 111. The van der Waals surface area contributed by atoms with E-state index < -0.39 is 116 Å². The van der Waals surface area contributed by atoms with E-state index in [2.05, 4.69) is 41.9 Å². The summed E-state index contributed by atoms with van der Waals surface area (Å²) in [5.41, 5.74) is 7.05. The number of hydrogen-bond acceptors (Lipinski definition) is 14. The molecule has 0 fully saturated rings. The first-order chi connectivity index (χ1) is 30.0. The minimum absolute atomic E-state index is 0.0560. The molecule has 63 heavy (non-hydrogen) atoms. The molecule has 0 bridgehead atoms. The smallest absolute Gasteiger partial charge is 0.326 e. The van der Waals surface area contributed by atoms with Crippen molar-refractivity contribution >= 4 is 59.1 Å². The van der Waals surface area contributed by atoms with Crippen molar-refractivity contribution in [1.82, 2.24) is 41.9 Å². The second-order valence-corrected chi connectivity index (χ2v) is 15.2. The summed E-state index contributed by atoms with van der Waals surface area (Å²) in [7, 11) is 0. The highest BCUT2D eigenvalue weighted by Crippen LogP contribution is 2.13. The van der Waals surface area contributed by atoms with Crippen LogP contribution in [0.1, 0.15) is 36.1 Å². The van der Waals surface area contributed by atoms with Gasteiger partial charge >= 0.3 is 11.9 Å². The lowest BCUT2D eigenvalue weighted by atomic mass is 10.0. The molecule has 23 heteroatoms. The van der Waals surface area contributed by atoms with Gasteiger partial charge in [0, 0.05) is 37.6 Å². The number of H-pyrrole nitrogens is 1. The molecule has 7 unspecified atom stereocenters. The molecule has 3 rings (SSSR count). The highest BCUT2D eigenvalue weighted by atomic mass is 32.2. The maximum atomic E-state index is 13.9. The van der Waals surface area contributed by atoms with Crippen LogP contribution >= 0.6 is 11.8 Å². The van der Waals surface area contributed by atoms with Crippen LogP contribution in [0.2, 0.25) is 0 Å². The third kappa shape index (κ3) is 17.4. The normalized spacial score (nSPS) is 14.3. The molecular weight excluding hydrogens is 847 g/mol. The summed E-state index contributed by atoms with van der Waals surface area (Å²) in [6.07, 6.45) is 2.75. The van der Waals surface area contributed by atoms with Gasteiger partial charge in [0.05, 0.1) is 19.5 Å². The van der Waals surface area contributed by atoms with Crippen LogP contribution in [-0.2, 0) is 57.6 Å². The minimum Gasteiger partial charge on any atom is -0.508 e. The molecule has 0 aliphatic carbocycles. The first kappa shape index (κ1) is 50.8. The number of aromatic hydroxyl groups is 1. The van der Waals surface area contributed by atoms with E-state index in [1.807, 2.05) is 0 Å². The summed E-state index contributed by atoms with van der Waals surface area (Å²) >= 11 is 1.29. The van der Waals surface area contributed by atoms with E-state index in [-0.39, 0.29) is 37.2 Å².